The minimum Gasteiger partial charge on any atom is -0.369 e. The summed E-state index contributed by atoms with van der Waals surface area (Å²) in [5.41, 5.74) is 0.359. The second-order valence-electron chi connectivity index (χ2n) is 3.89. The van der Waals surface area contributed by atoms with Crippen LogP contribution in [0.5, 0.6) is 0 Å². The lowest BCUT2D eigenvalue weighted by Gasteiger charge is -2.35. The highest BCUT2D eigenvalue weighted by atomic mass is 16.6. The van der Waals surface area contributed by atoms with E-state index in [1.54, 1.807) is 0 Å². The fourth-order valence-corrected chi connectivity index (χ4v) is 2.51. The van der Waals surface area contributed by atoms with Crippen molar-refractivity contribution >= 4 is 0 Å². The van der Waals surface area contributed by atoms with Gasteiger partial charge in [-0.2, -0.15) is 0 Å². The van der Waals surface area contributed by atoms with Crippen molar-refractivity contribution in [1.82, 2.24) is 0 Å². The average molecular weight is 136 g/mol. The minimum atomic E-state index is 0.359. The molecule has 4 rings (SSSR count). The van der Waals surface area contributed by atoms with E-state index in [9.17, 15) is 0 Å². The van der Waals surface area contributed by atoms with Gasteiger partial charge in [0.25, 0.3) is 0 Å². The number of ether oxygens (including phenoxy) is 1. The van der Waals surface area contributed by atoms with Crippen LogP contribution in [-0.4, -0.2) is 12.2 Å². The summed E-state index contributed by atoms with van der Waals surface area (Å²) in [5, 5.41) is 0. The topological polar surface area (TPSA) is 12.5 Å². The van der Waals surface area contributed by atoms with Crippen molar-refractivity contribution in [3.8, 4) is 0 Å². The van der Waals surface area contributed by atoms with Crippen molar-refractivity contribution in [2.75, 3.05) is 6.61 Å². The molecular formula is C9H12O. The molecule has 1 saturated heterocycles. The van der Waals surface area contributed by atoms with Crippen LogP contribution in [0.2, 0.25) is 0 Å². The van der Waals surface area contributed by atoms with Gasteiger partial charge in [0.1, 0.15) is 0 Å². The molecule has 0 aromatic rings. The first-order valence-electron chi connectivity index (χ1n) is 4.21. The van der Waals surface area contributed by atoms with Crippen LogP contribution in [-0.2, 0) is 4.74 Å². The smallest absolute Gasteiger partial charge is 0.0984 e. The number of epoxide rings is 1. The van der Waals surface area contributed by atoms with Gasteiger partial charge in [-0.25, -0.2) is 0 Å². The van der Waals surface area contributed by atoms with Crippen molar-refractivity contribution in [3.63, 3.8) is 0 Å². The largest absolute Gasteiger partial charge is 0.369 e. The summed E-state index contributed by atoms with van der Waals surface area (Å²) < 4.78 is 5.52. The van der Waals surface area contributed by atoms with Gasteiger partial charge in [-0.3, -0.25) is 0 Å². The molecule has 2 bridgehead atoms. The Bertz CT molecular complexity index is 191. The number of fused-ring (bicyclic) bond motifs is 1. The summed E-state index contributed by atoms with van der Waals surface area (Å²) in [4.78, 5) is 0. The molecule has 0 amide bonds. The molecule has 0 aromatic heterocycles. The molecule has 0 radical (unpaired) electrons. The molecular weight excluding hydrogens is 124 g/mol. The number of hydrogen-bond donors (Lipinski definition) is 0. The van der Waals surface area contributed by atoms with Crippen molar-refractivity contribution < 1.29 is 4.74 Å². The van der Waals surface area contributed by atoms with Gasteiger partial charge in [0, 0.05) is 5.92 Å². The summed E-state index contributed by atoms with van der Waals surface area (Å²) in [6, 6.07) is 0. The predicted octanol–water partition coefficient (Wildman–Crippen LogP) is 1.74. The fraction of sp³-hybridized carbons (Fsp3) is 0.778. The molecule has 54 valence electrons. The van der Waals surface area contributed by atoms with E-state index < -0.39 is 0 Å². The average Bonchev–Trinajstić information content (AvgIpc) is 2.72. The summed E-state index contributed by atoms with van der Waals surface area (Å²) >= 11 is 0. The van der Waals surface area contributed by atoms with E-state index in [4.69, 9.17) is 4.74 Å². The molecule has 0 aromatic carbocycles. The van der Waals surface area contributed by atoms with Crippen molar-refractivity contribution in [2.24, 2.45) is 11.8 Å². The third-order valence-electron chi connectivity index (χ3n) is 3.26. The molecule has 10 heavy (non-hydrogen) atoms. The molecule has 1 nitrogen and oxygen atoms in total. The maximum absolute atomic E-state index is 5.52. The van der Waals surface area contributed by atoms with Gasteiger partial charge in [0.2, 0.25) is 0 Å². The van der Waals surface area contributed by atoms with Crippen LogP contribution in [0, 0.1) is 11.8 Å². The standard InChI is InChI=1S/C9H12O/c1-3-8-4-2-7(1)5-9(8)6-10-9/h1,3,7-8H,2,4-6H2/t7-,8+,9-/m1/s1. The maximum Gasteiger partial charge on any atom is 0.0984 e. The van der Waals surface area contributed by atoms with Crippen molar-refractivity contribution in [3.05, 3.63) is 12.2 Å². The van der Waals surface area contributed by atoms with Crippen LogP contribution in [0.25, 0.3) is 0 Å². The van der Waals surface area contributed by atoms with Gasteiger partial charge >= 0.3 is 0 Å². The van der Waals surface area contributed by atoms with E-state index in [1.165, 1.54) is 19.3 Å². The van der Waals surface area contributed by atoms with Gasteiger partial charge in [-0.1, -0.05) is 12.2 Å². The highest BCUT2D eigenvalue weighted by Gasteiger charge is 2.54. The van der Waals surface area contributed by atoms with Gasteiger partial charge in [-0.05, 0) is 25.2 Å². The zero-order valence-electron chi connectivity index (χ0n) is 6.05. The first kappa shape index (κ1) is 5.36. The van der Waals surface area contributed by atoms with E-state index in [0.29, 0.717) is 5.60 Å². The molecule has 1 heteroatoms. The third kappa shape index (κ3) is 0.523. The van der Waals surface area contributed by atoms with E-state index in [1.807, 2.05) is 0 Å². The SMILES string of the molecule is C1=C[C@H]2CC[C@@H]1C[C@@]21CO1. The van der Waals surface area contributed by atoms with Crippen molar-refractivity contribution in [2.45, 2.75) is 24.9 Å². The van der Waals surface area contributed by atoms with Gasteiger partial charge in [0.15, 0.2) is 0 Å². The van der Waals surface area contributed by atoms with Crippen LogP contribution in [0.1, 0.15) is 19.3 Å². The molecule has 1 spiro atoms. The lowest BCUT2D eigenvalue weighted by atomic mass is 9.69. The van der Waals surface area contributed by atoms with Crippen LogP contribution < -0.4 is 0 Å². The van der Waals surface area contributed by atoms with Crippen LogP contribution in [0.4, 0.5) is 0 Å². The molecule has 2 fully saturated rings. The molecule has 3 atom stereocenters. The predicted molar refractivity (Wildman–Crippen MR) is 38.7 cm³/mol. The first-order valence-corrected chi connectivity index (χ1v) is 4.21. The highest BCUT2D eigenvalue weighted by Crippen LogP contribution is 2.52. The van der Waals surface area contributed by atoms with Crippen LogP contribution in [0.3, 0.4) is 0 Å². The van der Waals surface area contributed by atoms with Crippen LogP contribution in [0.15, 0.2) is 12.2 Å². The zero-order chi connectivity index (χ0) is 6.60. The Morgan fingerprint density at radius 1 is 1.30 bits per heavy atom. The van der Waals surface area contributed by atoms with Gasteiger partial charge in [0.05, 0.1) is 12.2 Å². The molecule has 0 N–H and O–H groups in total. The maximum atomic E-state index is 5.52. The quantitative estimate of drug-likeness (QED) is 0.365. The molecule has 1 aliphatic heterocycles. The second-order valence-corrected chi connectivity index (χ2v) is 3.89. The second kappa shape index (κ2) is 1.48. The Morgan fingerprint density at radius 3 is 2.50 bits per heavy atom. The molecule has 1 heterocycles. The normalized spacial score (nSPS) is 56.0. The Kier molecular flexibility index (Phi) is 0.791. The number of allylic oxidation sites excluding steroid dienone is 1. The summed E-state index contributed by atoms with van der Waals surface area (Å²) in [5.74, 6) is 1.63. The Labute approximate surface area is 61.1 Å². The Morgan fingerprint density at radius 2 is 2.20 bits per heavy atom. The summed E-state index contributed by atoms with van der Waals surface area (Å²) in [7, 11) is 0. The Hall–Kier alpha value is -0.300. The van der Waals surface area contributed by atoms with E-state index in [0.717, 1.165) is 18.4 Å². The van der Waals surface area contributed by atoms with Crippen molar-refractivity contribution in [1.29, 1.82) is 0 Å². The molecule has 3 aliphatic carbocycles. The van der Waals surface area contributed by atoms with E-state index >= 15 is 0 Å². The number of rotatable bonds is 0. The monoisotopic (exact) mass is 136 g/mol. The van der Waals surface area contributed by atoms with Gasteiger partial charge < -0.3 is 4.74 Å². The lowest BCUT2D eigenvalue weighted by molar-refractivity contribution is 0.151. The molecule has 0 unspecified atom stereocenters. The first-order chi connectivity index (χ1) is 4.89. The minimum absolute atomic E-state index is 0.359. The lowest BCUT2D eigenvalue weighted by Crippen LogP contribution is -2.34. The van der Waals surface area contributed by atoms with E-state index in [2.05, 4.69) is 12.2 Å². The third-order valence-corrected chi connectivity index (χ3v) is 3.26. The summed E-state index contributed by atoms with van der Waals surface area (Å²) in [6.07, 6.45) is 8.87. The summed E-state index contributed by atoms with van der Waals surface area (Å²) in [6.45, 7) is 1.04. The molecule has 1 saturated carbocycles. The van der Waals surface area contributed by atoms with Crippen LogP contribution >= 0.6 is 0 Å². The number of hydrogen-bond acceptors (Lipinski definition) is 1. The fourth-order valence-electron chi connectivity index (χ4n) is 2.51. The molecule has 4 aliphatic rings. The van der Waals surface area contributed by atoms with E-state index in [-0.39, 0.29) is 0 Å². The Balaban J connectivity index is 2.00. The highest BCUT2D eigenvalue weighted by molar-refractivity contribution is 5.17. The zero-order valence-corrected chi connectivity index (χ0v) is 6.05. The van der Waals surface area contributed by atoms with Gasteiger partial charge in [-0.15, -0.1) is 0 Å².